The Morgan fingerprint density at radius 1 is 0.614 bits per heavy atom. The average Bonchev–Trinajstić information content (AvgIpc) is 3.55. The van der Waals surface area contributed by atoms with Crippen molar-refractivity contribution in [2.24, 2.45) is 0 Å². The summed E-state index contributed by atoms with van der Waals surface area (Å²) in [7, 11) is 0. The minimum Gasteiger partial charge on any atom is -0.615 e. The summed E-state index contributed by atoms with van der Waals surface area (Å²) in [5, 5.41) is 3.22. The topological polar surface area (TPSA) is 80.4 Å². The lowest BCUT2D eigenvalue weighted by Crippen LogP contribution is -2.38. The number of nitrogens with zero attached hydrogens (tertiary/aromatic N) is 2. The summed E-state index contributed by atoms with van der Waals surface area (Å²) in [4.78, 5) is 0. The lowest BCUT2D eigenvalue weighted by atomic mass is 9.97. The number of halogens is 12. The highest BCUT2D eigenvalue weighted by Crippen LogP contribution is 2.52. The van der Waals surface area contributed by atoms with E-state index in [1.54, 1.807) is 0 Å². The first kappa shape index (κ1) is 33.2. The molecule has 5 nitrogen and oxygen atoms in total. The van der Waals surface area contributed by atoms with E-state index in [1.807, 2.05) is 10.2 Å². The normalized spacial score (nSPS) is 15.3. The minimum absolute atomic E-state index is 0.332. The zero-order valence-corrected chi connectivity index (χ0v) is 22.8. The van der Waals surface area contributed by atoms with Gasteiger partial charge in [-0.3, -0.25) is 10.2 Å². The van der Waals surface area contributed by atoms with Gasteiger partial charge in [-0.05, 0) is 59.4 Å². The third kappa shape index (κ3) is 6.55. The van der Waals surface area contributed by atoms with Crippen molar-refractivity contribution in [3.05, 3.63) is 82.4 Å². The lowest BCUT2D eigenvalue weighted by molar-refractivity contribution is -0.142. The molecule has 4 rings (SSSR count). The van der Waals surface area contributed by atoms with Crippen LogP contribution in [0, 0.1) is 13.8 Å². The molecule has 0 bridgehead atoms. The molecule has 0 aliphatic rings. The number of rotatable bonds is 6. The van der Waals surface area contributed by atoms with Crippen LogP contribution in [0.4, 0.5) is 52.7 Å². The van der Waals surface area contributed by atoms with Gasteiger partial charge in [0.05, 0.1) is 0 Å². The second-order valence-electron chi connectivity index (χ2n) is 9.61. The van der Waals surface area contributed by atoms with Crippen LogP contribution in [-0.2, 0) is 23.5 Å². The minimum atomic E-state index is -5.62. The highest BCUT2D eigenvalue weighted by Gasteiger charge is 2.60. The number of hydrogen-bond donors (Lipinski definition) is 2. The molecule has 0 fully saturated rings. The Morgan fingerprint density at radius 3 is 1.25 bits per heavy atom. The van der Waals surface area contributed by atoms with E-state index in [2.05, 4.69) is 10.2 Å². The molecule has 2 unspecified atom stereocenters. The quantitative estimate of drug-likeness (QED) is 0.160. The van der Waals surface area contributed by atoms with Crippen LogP contribution in [0.5, 0.6) is 0 Å². The molecule has 44 heavy (non-hydrogen) atoms. The summed E-state index contributed by atoms with van der Waals surface area (Å²) in [5.41, 5.74) is -8.09. The Balaban J connectivity index is 1.89. The number of aromatic nitrogens is 4. The van der Waals surface area contributed by atoms with Gasteiger partial charge in [-0.25, -0.2) is 0 Å². The first-order valence-electron chi connectivity index (χ1n) is 12.1. The van der Waals surface area contributed by atoms with Gasteiger partial charge in [0.2, 0.25) is 10.5 Å². The van der Waals surface area contributed by atoms with Crippen LogP contribution in [-0.4, -0.2) is 37.3 Å². The molecular weight excluding hydrogens is 644 g/mol. The second kappa shape index (κ2) is 11.4. The first-order valence-corrected chi connectivity index (χ1v) is 13.4. The zero-order chi connectivity index (χ0) is 33.0. The maximum absolute atomic E-state index is 14.5. The molecule has 0 amide bonds. The van der Waals surface area contributed by atoms with E-state index in [0.717, 1.165) is 50.5 Å². The van der Waals surface area contributed by atoms with E-state index in [-0.39, 0.29) is 11.1 Å². The van der Waals surface area contributed by atoms with Gasteiger partial charge in [0.15, 0.2) is 11.4 Å². The Morgan fingerprint density at radius 2 is 0.955 bits per heavy atom. The smallest absolute Gasteiger partial charge is 0.440 e. The van der Waals surface area contributed by atoms with Crippen LogP contribution >= 0.6 is 0 Å². The van der Waals surface area contributed by atoms with Gasteiger partial charge < -0.3 is 4.55 Å². The van der Waals surface area contributed by atoms with E-state index in [9.17, 15) is 57.2 Å². The SMILES string of the molecule is Cc1ccc(-c2c[nH]nc2C(F)(F)F)cc1C([S+]([O-])C(c1cc(-c2c[nH]nc2C(F)(F)F)ccc1C)C(F)(F)F)C(F)(F)F. The molecule has 238 valence electrons. The molecule has 0 saturated carbocycles. The maximum Gasteiger partial charge on any atom is 0.440 e. The summed E-state index contributed by atoms with van der Waals surface area (Å²) < 4.78 is 181. The standard InChI is InChI=1S/C26H18F12N4OS/c1-11-3-5-13(17-9-39-41-19(17)23(27,28)29)7-15(11)21(25(33,34)35)44(43)22(26(36,37)38)16-8-14(6-4-12(16)2)18-10-40-42-20(18)24(30,31)32/h3-10,21-22H,1-2H3,(H,39,41)(H,40,42). The van der Waals surface area contributed by atoms with Crippen molar-refractivity contribution in [1.29, 1.82) is 0 Å². The molecule has 2 N–H and O–H groups in total. The lowest BCUT2D eigenvalue weighted by Gasteiger charge is -2.32. The molecule has 0 saturated heterocycles. The Bertz CT molecular complexity index is 1520. The molecule has 0 aliphatic heterocycles. The van der Waals surface area contributed by atoms with Gasteiger partial charge in [-0.1, -0.05) is 24.3 Å². The largest absolute Gasteiger partial charge is 0.615 e. The van der Waals surface area contributed by atoms with Gasteiger partial charge in [0.25, 0.3) is 0 Å². The van der Waals surface area contributed by atoms with E-state index in [4.69, 9.17) is 0 Å². The molecule has 0 radical (unpaired) electrons. The Labute approximate surface area is 242 Å². The molecule has 2 heterocycles. The fourth-order valence-electron chi connectivity index (χ4n) is 4.64. The van der Waals surface area contributed by atoms with E-state index < -0.39 is 91.1 Å². The number of aromatic amines is 2. The summed E-state index contributed by atoms with van der Waals surface area (Å²) >= 11 is -3.95. The van der Waals surface area contributed by atoms with Crippen LogP contribution in [0.25, 0.3) is 22.3 Å². The summed E-state index contributed by atoms with van der Waals surface area (Å²) in [6, 6.07) is 4.97. The summed E-state index contributed by atoms with van der Waals surface area (Å²) in [5.74, 6) is 0. The van der Waals surface area contributed by atoms with E-state index in [0.29, 0.717) is 12.1 Å². The van der Waals surface area contributed by atoms with Crippen molar-refractivity contribution in [2.75, 3.05) is 0 Å². The van der Waals surface area contributed by atoms with Crippen molar-refractivity contribution in [2.45, 2.75) is 49.1 Å². The Hall–Kier alpha value is -3.67. The number of aryl methyl sites for hydroxylation is 2. The van der Waals surface area contributed by atoms with Crippen LogP contribution < -0.4 is 0 Å². The van der Waals surface area contributed by atoms with Crippen molar-refractivity contribution in [3.63, 3.8) is 0 Å². The third-order valence-electron chi connectivity index (χ3n) is 6.62. The number of H-pyrrole nitrogens is 2. The highest BCUT2D eigenvalue weighted by atomic mass is 32.2. The molecule has 2 aromatic carbocycles. The van der Waals surface area contributed by atoms with Gasteiger partial charge in [-0.2, -0.15) is 62.9 Å². The first-order chi connectivity index (χ1) is 20.1. The van der Waals surface area contributed by atoms with Crippen LogP contribution in [0.15, 0.2) is 48.8 Å². The number of benzene rings is 2. The van der Waals surface area contributed by atoms with Gasteiger partial charge in [0.1, 0.15) is 0 Å². The number of hydrogen-bond acceptors (Lipinski definition) is 3. The van der Waals surface area contributed by atoms with Crippen LogP contribution in [0.2, 0.25) is 0 Å². The monoisotopic (exact) mass is 662 g/mol. The predicted molar refractivity (Wildman–Crippen MR) is 133 cm³/mol. The molecule has 0 aliphatic carbocycles. The summed E-state index contributed by atoms with van der Waals surface area (Å²) in [6.07, 6.45) is -19.9. The van der Waals surface area contributed by atoms with Gasteiger partial charge in [-0.15, -0.1) is 0 Å². The zero-order valence-electron chi connectivity index (χ0n) is 22.0. The molecule has 18 heteroatoms. The fourth-order valence-corrected chi connectivity index (χ4v) is 6.44. The highest BCUT2D eigenvalue weighted by molar-refractivity contribution is 7.92. The van der Waals surface area contributed by atoms with Crippen molar-refractivity contribution < 1.29 is 57.2 Å². The molecule has 0 spiro atoms. The van der Waals surface area contributed by atoms with Crippen molar-refractivity contribution in [1.82, 2.24) is 20.4 Å². The molecule has 4 aromatic rings. The van der Waals surface area contributed by atoms with Crippen LogP contribution in [0.1, 0.15) is 44.1 Å². The predicted octanol–water partition coefficient (Wildman–Crippen LogP) is 8.78. The average molecular weight is 663 g/mol. The fraction of sp³-hybridized carbons (Fsp3) is 0.308. The van der Waals surface area contributed by atoms with E-state index >= 15 is 0 Å². The van der Waals surface area contributed by atoms with Crippen molar-refractivity contribution >= 4 is 11.2 Å². The number of nitrogens with one attached hydrogen (secondary N) is 2. The molecule has 2 atom stereocenters. The maximum atomic E-state index is 14.5. The second-order valence-corrected chi connectivity index (χ2v) is 11.2. The molecule has 2 aromatic heterocycles. The van der Waals surface area contributed by atoms with Gasteiger partial charge in [0, 0.05) is 34.6 Å². The molecular formula is C26H18F12N4OS. The summed E-state index contributed by atoms with van der Waals surface area (Å²) in [6.45, 7) is 2.09. The van der Waals surface area contributed by atoms with Gasteiger partial charge >= 0.3 is 24.7 Å². The van der Waals surface area contributed by atoms with E-state index in [1.165, 1.54) is 0 Å². The third-order valence-corrected chi connectivity index (χ3v) is 8.59. The van der Waals surface area contributed by atoms with Crippen LogP contribution in [0.3, 0.4) is 0 Å². The Kier molecular flexibility index (Phi) is 8.58. The number of alkyl halides is 12. The van der Waals surface area contributed by atoms with Crippen molar-refractivity contribution in [3.8, 4) is 22.3 Å².